The lowest BCUT2D eigenvalue weighted by molar-refractivity contribution is 0.0232. The Balaban J connectivity index is 1.96. The Hall–Kier alpha value is -1.55. The van der Waals surface area contributed by atoms with E-state index >= 15 is 0 Å². The summed E-state index contributed by atoms with van der Waals surface area (Å²) in [5.41, 5.74) is 1.72. The predicted octanol–water partition coefficient (Wildman–Crippen LogP) is 2.81. The molecule has 4 nitrogen and oxygen atoms in total. The summed E-state index contributed by atoms with van der Waals surface area (Å²) >= 11 is 0. The van der Waals surface area contributed by atoms with Gasteiger partial charge in [0.25, 0.3) is 5.91 Å². The van der Waals surface area contributed by atoms with Gasteiger partial charge >= 0.3 is 0 Å². The number of anilines is 1. The molecular formula is C16H24N2O2. The highest BCUT2D eigenvalue weighted by atomic mass is 16.5. The van der Waals surface area contributed by atoms with Crippen LogP contribution in [0.5, 0.6) is 0 Å². The van der Waals surface area contributed by atoms with Crippen LogP contribution in [0.4, 0.5) is 5.69 Å². The van der Waals surface area contributed by atoms with Gasteiger partial charge in [-0.15, -0.1) is 0 Å². The van der Waals surface area contributed by atoms with Gasteiger partial charge in [0, 0.05) is 30.4 Å². The fourth-order valence-corrected chi connectivity index (χ4v) is 2.46. The van der Waals surface area contributed by atoms with Crippen molar-refractivity contribution in [3.05, 3.63) is 29.8 Å². The average molecular weight is 276 g/mol. The molecule has 1 heterocycles. The molecule has 2 rings (SSSR count). The maximum Gasteiger partial charge on any atom is 0.251 e. The summed E-state index contributed by atoms with van der Waals surface area (Å²) in [7, 11) is 0. The van der Waals surface area contributed by atoms with Gasteiger partial charge in [0.2, 0.25) is 0 Å². The van der Waals surface area contributed by atoms with Crippen LogP contribution in [-0.2, 0) is 4.74 Å². The number of amides is 1. The van der Waals surface area contributed by atoms with Gasteiger partial charge in [0.15, 0.2) is 0 Å². The molecule has 0 bridgehead atoms. The minimum Gasteiger partial charge on any atom is -0.382 e. The van der Waals surface area contributed by atoms with Crippen molar-refractivity contribution in [1.29, 1.82) is 0 Å². The minimum atomic E-state index is -0.00385. The third-order valence-corrected chi connectivity index (χ3v) is 3.52. The molecule has 1 amide bonds. The van der Waals surface area contributed by atoms with Gasteiger partial charge in [-0.3, -0.25) is 4.79 Å². The molecule has 0 aromatic heterocycles. The fourth-order valence-electron chi connectivity index (χ4n) is 2.46. The molecule has 4 heteroatoms. The maximum absolute atomic E-state index is 11.9. The van der Waals surface area contributed by atoms with Gasteiger partial charge in [0.05, 0.1) is 6.10 Å². The summed E-state index contributed by atoms with van der Waals surface area (Å²) in [4.78, 5) is 11.9. The van der Waals surface area contributed by atoms with Gasteiger partial charge in [-0.2, -0.15) is 0 Å². The summed E-state index contributed by atoms with van der Waals surface area (Å²) in [5.74, 6) is -0.00385. The van der Waals surface area contributed by atoms with Crippen molar-refractivity contribution in [2.75, 3.05) is 18.5 Å². The summed E-state index contributed by atoms with van der Waals surface area (Å²) in [6.45, 7) is 5.66. The zero-order valence-corrected chi connectivity index (χ0v) is 12.3. The Morgan fingerprint density at radius 3 is 3.05 bits per heavy atom. The van der Waals surface area contributed by atoms with Crippen molar-refractivity contribution in [2.24, 2.45) is 0 Å². The first-order chi connectivity index (χ1) is 9.69. The molecule has 1 aliphatic heterocycles. The predicted molar refractivity (Wildman–Crippen MR) is 81.1 cm³/mol. The molecule has 110 valence electrons. The van der Waals surface area contributed by atoms with Crippen LogP contribution in [0.1, 0.15) is 43.5 Å². The molecule has 0 saturated carbocycles. The van der Waals surface area contributed by atoms with E-state index in [1.165, 1.54) is 0 Å². The molecule has 0 aliphatic carbocycles. The van der Waals surface area contributed by atoms with Crippen LogP contribution in [0.2, 0.25) is 0 Å². The Labute approximate surface area is 120 Å². The summed E-state index contributed by atoms with van der Waals surface area (Å²) < 4.78 is 5.55. The first kappa shape index (κ1) is 14.9. The molecule has 2 unspecified atom stereocenters. The molecule has 2 N–H and O–H groups in total. The topological polar surface area (TPSA) is 50.4 Å². The Morgan fingerprint density at radius 2 is 2.30 bits per heavy atom. The highest BCUT2D eigenvalue weighted by molar-refractivity contribution is 5.95. The molecule has 1 aromatic rings. The van der Waals surface area contributed by atoms with Gasteiger partial charge < -0.3 is 15.4 Å². The maximum atomic E-state index is 11.9. The van der Waals surface area contributed by atoms with E-state index in [9.17, 15) is 4.79 Å². The van der Waals surface area contributed by atoms with Crippen molar-refractivity contribution in [1.82, 2.24) is 5.32 Å². The second kappa shape index (κ2) is 7.29. The van der Waals surface area contributed by atoms with Gasteiger partial charge in [-0.25, -0.2) is 0 Å². The number of benzene rings is 1. The molecule has 1 aliphatic rings. The van der Waals surface area contributed by atoms with E-state index < -0.39 is 0 Å². The largest absolute Gasteiger partial charge is 0.382 e. The molecule has 1 aromatic carbocycles. The van der Waals surface area contributed by atoms with Crippen LogP contribution in [0.3, 0.4) is 0 Å². The number of carbonyl (C=O) groups excluding carboxylic acids is 1. The van der Waals surface area contributed by atoms with Crippen molar-refractivity contribution < 1.29 is 9.53 Å². The lowest BCUT2D eigenvalue weighted by atomic mass is 10.0. The van der Waals surface area contributed by atoms with E-state index in [0.717, 1.165) is 31.6 Å². The SMILES string of the molecule is CCCNC(=O)c1cccc(NC2CCOC(C)C2)c1. The highest BCUT2D eigenvalue weighted by Crippen LogP contribution is 2.19. The van der Waals surface area contributed by atoms with Crippen molar-refractivity contribution in [3.8, 4) is 0 Å². The highest BCUT2D eigenvalue weighted by Gasteiger charge is 2.19. The Bertz CT molecular complexity index is 448. The van der Waals surface area contributed by atoms with Crippen LogP contribution in [0.25, 0.3) is 0 Å². The van der Waals surface area contributed by atoms with Crippen molar-refractivity contribution in [3.63, 3.8) is 0 Å². The molecule has 20 heavy (non-hydrogen) atoms. The number of ether oxygens (including phenoxy) is 1. The third kappa shape index (κ3) is 4.23. The van der Waals surface area contributed by atoms with Crippen LogP contribution in [0, 0.1) is 0 Å². The van der Waals surface area contributed by atoms with E-state index in [1.807, 2.05) is 31.2 Å². The second-order valence-corrected chi connectivity index (χ2v) is 5.38. The quantitative estimate of drug-likeness (QED) is 0.869. The molecule has 0 spiro atoms. The van der Waals surface area contributed by atoms with E-state index in [1.54, 1.807) is 0 Å². The van der Waals surface area contributed by atoms with Crippen LogP contribution >= 0.6 is 0 Å². The van der Waals surface area contributed by atoms with E-state index in [0.29, 0.717) is 24.3 Å². The first-order valence-corrected chi connectivity index (χ1v) is 7.45. The number of nitrogens with one attached hydrogen (secondary N) is 2. The fraction of sp³-hybridized carbons (Fsp3) is 0.562. The van der Waals surface area contributed by atoms with E-state index in [-0.39, 0.29) is 5.91 Å². The van der Waals surface area contributed by atoms with Gasteiger partial charge in [0.1, 0.15) is 0 Å². The zero-order chi connectivity index (χ0) is 14.4. The number of carbonyl (C=O) groups is 1. The summed E-state index contributed by atoms with van der Waals surface area (Å²) in [5, 5.41) is 6.40. The second-order valence-electron chi connectivity index (χ2n) is 5.38. The van der Waals surface area contributed by atoms with E-state index in [4.69, 9.17) is 4.74 Å². The number of hydrogen-bond acceptors (Lipinski definition) is 3. The van der Waals surface area contributed by atoms with Gasteiger partial charge in [-0.05, 0) is 44.4 Å². The standard InChI is InChI=1S/C16H24N2O2/c1-3-8-17-16(19)13-5-4-6-14(11-13)18-15-7-9-20-12(2)10-15/h4-6,11-12,15,18H,3,7-10H2,1-2H3,(H,17,19). The van der Waals surface area contributed by atoms with Crippen molar-refractivity contribution >= 4 is 11.6 Å². The molecule has 0 radical (unpaired) electrons. The molecule has 1 fully saturated rings. The summed E-state index contributed by atoms with van der Waals surface area (Å²) in [6.07, 6.45) is 3.27. The number of rotatable bonds is 5. The summed E-state index contributed by atoms with van der Waals surface area (Å²) in [6, 6.07) is 8.13. The van der Waals surface area contributed by atoms with Crippen LogP contribution in [-0.4, -0.2) is 31.2 Å². The first-order valence-electron chi connectivity index (χ1n) is 7.45. The van der Waals surface area contributed by atoms with Crippen molar-refractivity contribution in [2.45, 2.75) is 45.3 Å². The Morgan fingerprint density at radius 1 is 1.45 bits per heavy atom. The monoisotopic (exact) mass is 276 g/mol. The molecular weight excluding hydrogens is 252 g/mol. The molecule has 2 atom stereocenters. The van der Waals surface area contributed by atoms with E-state index in [2.05, 4.69) is 17.6 Å². The van der Waals surface area contributed by atoms with Crippen LogP contribution in [0.15, 0.2) is 24.3 Å². The van der Waals surface area contributed by atoms with Crippen LogP contribution < -0.4 is 10.6 Å². The third-order valence-electron chi connectivity index (χ3n) is 3.52. The minimum absolute atomic E-state index is 0.00385. The zero-order valence-electron chi connectivity index (χ0n) is 12.3. The molecule has 1 saturated heterocycles. The lowest BCUT2D eigenvalue weighted by Gasteiger charge is -2.28. The smallest absolute Gasteiger partial charge is 0.251 e. The van der Waals surface area contributed by atoms with Gasteiger partial charge in [-0.1, -0.05) is 13.0 Å². The lowest BCUT2D eigenvalue weighted by Crippen LogP contribution is -2.32. The number of hydrogen-bond donors (Lipinski definition) is 2. The Kier molecular flexibility index (Phi) is 5.41. The average Bonchev–Trinajstić information content (AvgIpc) is 2.45. The normalized spacial score (nSPS) is 22.3.